The van der Waals surface area contributed by atoms with Crippen LogP contribution in [0.1, 0.15) is 18.5 Å². The van der Waals surface area contributed by atoms with E-state index >= 15 is 0 Å². The Morgan fingerprint density at radius 1 is 1.29 bits per heavy atom. The molecule has 0 aliphatic rings. The Kier molecular flexibility index (Phi) is 7.08. The van der Waals surface area contributed by atoms with Crippen LogP contribution in [0.3, 0.4) is 0 Å². The summed E-state index contributed by atoms with van der Waals surface area (Å²) in [6.07, 6.45) is 0. The zero-order chi connectivity index (χ0) is 12.5. The number of thioether (sulfide) groups is 1. The maximum absolute atomic E-state index is 6.10. The average molecular weight is 255 g/mol. The van der Waals surface area contributed by atoms with Crippen LogP contribution >= 0.6 is 11.8 Å². The summed E-state index contributed by atoms with van der Waals surface area (Å²) in [5.41, 5.74) is 7.25. The first-order valence-corrected chi connectivity index (χ1v) is 6.98. The van der Waals surface area contributed by atoms with Crippen LogP contribution < -0.4 is 10.5 Å². The van der Waals surface area contributed by atoms with Crippen molar-refractivity contribution in [3.63, 3.8) is 0 Å². The van der Waals surface area contributed by atoms with Gasteiger partial charge < -0.3 is 15.2 Å². The quantitative estimate of drug-likeness (QED) is 0.725. The second-order valence-electron chi connectivity index (χ2n) is 3.68. The largest absolute Gasteiger partial charge is 0.494 e. The molecule has 17 heavy (non-hydrogen) atoms. The Labute approximate surface area is 108 Å². The molecule has 1 aromatic rings. The monoisotopic (exact) mass is 255 g/mol. The fraction of sp³-hybridized carbons (Fsp3) is 0.538. The Hall–Kier alpha value is -0.710. The zero-order valence-electron chi connectivity index (χ0n) is 10.5. The van der Waals surface area contributed by atoms with Crippen LogP contribution in [-0.4, -0.2) is 31.8 Å². The number of hydrogen-bond donors (Lipinski definition) is 1. The maximum Gasteiger partial charge on any atom is 0.119 e. The van der Waals surface area contributed by atoms with Crippen molar-refractivity contribution in [1.82, 2.24) is 0 Å². The number of rotatable bonds is 8. The minimum absolute atomic E-state index is 0.0764. The van der Waals surface area contributed by atoms with Gasteiger partial charge >= 0.3 is 0 Å². The van der Waals surface area contributed by atoms with Crippen molar-refractivity contribution in [2.45, 2.75) is 13.0 Å². The van der Waals surface area contributed by atoms with Crippen molar-refractivity contribution in [3.8, 4) is 5.75 Å². The molecular formula is C13H21NO2S. The molecule has 0 heterocycles. The summed E-state index contributed by atoms with van der Waals surface area (Å²) in [6.45, 7) is 3.45. The van der Waals surface area contributed by atoms with Crippen LogP contribution in [0.2, 0.25) is 0 Å². The van der Waals surface area contributed by atoms with Gasteiger partial charge in [0, 0.05) is 24.7 Å². The van der Waals surface area contributed by atoms with Crippen LogP contribution in [0.15, 0.2) is 24.3 Å². The smallest absolute Gasteiger partial charge is 0.119 e. The van der Waals surface area contributed by atoms with Crippen molar-refractivity contribution in [1.29, 1.82) is 0 Å². The van der Waals surface area contributed by atoms with Crippen LogP contribution in [0.25, 0.3) is 0 Å². The molecule has 0 aromatic heterocycles. The summed E-state index contributed by atoms with van der Waals surface area (Å²) >= 11 is 1.81. The Bertz CT molecular complexity index is 303. The Morgan fingerprint density at radius 3 is 2.59 bits per heavy atom. The lowest BCUT2D eigenvalue weighted by Gasteiger charge is -2.12. The normalized spacial score (nSPS) is 12.4. The topological polar surface area (TPSA) is 44.5 Å². The van der Waals surface area contributed by atoms with Gasteiger partial charge in [0.2, 0.25) is 0 Å². The first-order chi connectivity index (χ1) is 8.27. The second-order valence-corrected chi connectivity index (χ2v) is 4.83. The third kappa shape index (κ3) is 5.44. The summed E-state index contributed by atoms with van der Waals surface area (Å²) in [4.78, 5) is 0. The van der Waals surface area contributed by atoms with Gasteiger partial charge in [-0.1, -0.05) is 12.1 Å². The molecule has 0 radical (unpaired) electrons. The summed E-state index contributed by atoms with van der Waals surface area (Å²) < 4.78 is 10.4. The van der Waals surface area contributed by atoms with E-state index < -0.39 is 0 Å². The molecule has 1 rings (SSSR count). The van der Waals surface area contributed by atoms with E-state index in [1.165, 1.54) is 0 Å². The van der Waals surface area contributed by atoms with Crippen molar-refractivity contribution >= 4 is 11.8 Å². The molecule has 2 N–H and O–H groups in total. The molecular weight excluding hydrogens is 234 g/mol. The van der Waals surface area contributed by atoms with Gasteiger partial charge in [-0.15, -0.1) is 0 Å². The zero-order valence-corrected chi connectivity index (χ0v) is 11.3. The van der Waals surface area contributed by atoms with Gasteiger partial charge in [-0.05, 0) is 24.6 Å². The van der Waals surface area contributed by atoms with E-state index in [9.17, 15) is 0 Å². The molecule has 1 atom stereocenters. The predicted molar refractivity (Wildman–Crippen MR) is 73.7 cm³/mol. The van der Waals surface area contributed by atoms with Gasteiger partial charge in [-0.3, -0.25) is 0 Å². The lowest BCUT2D eigenvalue weighted by Crippen LogP contribution is -2.13. The molecule has 0 spiro atoms. The van der Waals surface area contributed by atoms with E-state index in [0.717, 1.165) is 29.4 Å². The van der Waals surface area contributed by atoms with Crippen LogP contribution in [0.5, 0.6) is 5.75 Å². The molecule has 0 aliphatic heterocycles. The van der Waals surface area contributed by atoms with E-state index in [4.69, 9.17) is 15.2 Å². The van der Waals surface area contributed by atoms with Gasteiger partial charge in [0.05, 0.1) is 13.2 Å². The standard InChI is InChI=1S/C13H21NO2S/c1-3-16-12-6-4-11(5-7-12)13(14)10-17-9-8-15-2/h4-7,13H,3,8-10,14H2,1-2H3. The first kappa shape index (κ1) is 14.4. The minimum Gasteiger partial charge on any atom is -0.494 e. The molecule has 0 fully saturated rings. The molecule has 0 aliphatic carbocycles. The van der Waals surface area contributed by atoms with Crippen molar-refractivity contribution in [3.05, 3.63) is 29.8 Å². The fourth-order valence-corrected chi connectivity index (χ4v) is 2.32. The minimum atomic E-state index is 0.0764. The third-order valence-corrected chi connectivity index (χ3v) is 3.40. The Balaban J connectivity index is 2.37. The molecule has 96 valence electrons. The lowest BCUT2D eigenvalue weighted by molar-refractivity contribution is 0.218. The maximum atomic E-state index is 6.10. The fourth-order valence-electron chi connectivity index (χ4n) is 1.43. The SMILES string of the molecule is CCOc1ccc(C(N)CSCCOC)cc1. The summed E-state index contributed by atoms with van der Waals surface area (Å²) in [5.74, 6) is 2.80. The molecule has 0 bridgehead atoms. The van der Waals surface area contributed by atoms with Gasteiger partial charge in [-0.2, -0.15) is 11.8 Å². The molecule has 0 saturated heterocycles. The molecule has 4 heteroatoms. The first-order valence-electron chi connectivity index (χ1n) is 5.83. The van der Waals surface area contributed by atoms with Crippen molar-refractivity contribution < 1.29 is 9.47 Å². The number of hydrogen-bond acceptors (Lipinski definition) is 4. The van der Waals surface area contributed by atoms with Gasteiger partial charge in [0.15, 0.2) is 0 Å². The highest BCUT2D eigenvalue weighted by Gasteiger charge is 2.05. The molecule has 1 aromatic carbocycles. The predicted octanol–water partition coefficient (Wildman–Crippen LogP) is 2.46. The molecule has 3 nitrogen and oxygen atoms in total. The second kappa shape index (κ2) is 8.39. The highest BCUT2D eigenvalue weighted by atomic mass is 32.2. The molecule has 1 unspecified atom stereocenters. The number of methoxy groups -OCH3 is 1. The number of benzene rings is 1. The lowest BCUT2D eigenvalue weighted by atomic mass is 10.1. The summed E-state index contributed by atoms with van der Waals surface area (Å²) in [5, 5.41) is 0. The van der Waals surface area contributed by atoms with Crippen molar-refractivity contribution in [2.75, 3.05) is 31.8 Å². The van der Waals surface area contributed by atoms with Gasteiger partial charge in [-0.25, -0.2) is 0 Å². The summed E-state index contributed by atoms with van der Waals surface area (Å²) in [6, 6.07) is 8.09. The Morgan fingerprint density at radius 2 is 2.00 bits per heavy atom. The highest BCUT2D eigenvalue weighted by molar-refractivity contribution is 7.99. The third-order valence-electron chi connectivity index (χ3n) is 2.35. The van der Waals surface area contributed by atoms with E-state index in [2.05, 4.69) is 0 Å². The number of nitrogens with two attached hydrogens (primary N) is 1. The van der Waals surface area contributed by atoms with E-state index in [0.29, 0.717) is 6.61 Å². The van der Waals surface area contributed by atoms with Crippen molar-refractivity contribution in [2.24, 2.45) is 5.73 Å². The molecule has 0 amide bonds. The van der Waals surface area contributed by atoms with Crippen LogP contribution in [-0.2, 0) is 4.74 Å². The van der Waals surface area contributed by atoms with Crippen LogP contribution in [0.4, 0.5) is 0 Å². The average Bonchev–Trinajstić information content (AvgIpc) is 2.36. The highest BCUT2D eigenvalue weighted by Crippen LogP contribution is 2.19. The van der Waals surface area contributed by atoms with E-state index in [1.807, 2.05) is 43.0 Å². The van der Waals surface area contributed by atoms with E-state index in [-0.39, 0.29) is 6.04 Å². The number of ether oxygens (including phenoxy) is 2. The van der Waals surface area contributed by atoms with Gasteiger partial charge in [0.1, 0.15) is 5.75 Å². The van der Waals surface area contributed by atoms with E-state index in [1.54, 1.807) is 7.11 Å². The summed E-state index contributed by atoms with van der Waals surface area (Å²) in [7, 11) is 1.72. The molecule has 0 saturated carbocycles. The van der Waals surface area contributed by atoms with Crippen LogP contribution in [0, 0.1) is 0 Å². The van der Waals surface area contributed by atoms with Gasteiger partial charge in [0.25, 0.3) is 0 Å².